The highest BCUT2D eigenvalue weighted by atomic mass is 32.2. The van der Waals surface area contributed by atoms with Crippen molar-refractivity contribution < 1.29 is 0 Å². The van der Waals surface area contributed by atoms with E-state index in [1.54, 1.807) is 0 Å². The van der Waals surface area contributed by atoms with E-state index in [1.165, 1.54) is 26.1 Å². The lowest BCUT2D eigenvalue weighted by Gasteiger charge is -2.43. The largest absolute Gasteiger partial charge is 0.303 e. The molecule has 1 aliphatic heterocycles. The van der Waals surface area contributed by atoms with E-state index >= 15 is 0 Å². The van der Waals surface area contributed by atoms with Gasteiger partial charge in [-0.2, -0.15) is 11.8 Å². The van der Waals surface area contributed by atoms with Crippen molar-refractivity contribution in [3.8, 4) is 0 Å². The first-order valence-electron chi connectivity index (χ1n) is 7.20. The Morgan fingerprint density at radius 3 is 2.06 bits per heavy atom. The third kappa shape index (κ3) is 4.48. The van der Waals surface area contributed by atoms with Crippen LogP contribution < -0.4 is 0 Å². The zero-order valence-corrected chi connectivity index (χ0v) is 13.4. The Balaban J connectivity index is 2.42. The summed E-state index contributed by atoms with van der Waals surface area (Å²) in [7, 11) is 0. The van der Waals surface area contributed by atoms with Gasteiger partial charge in [0.2, 0.25) is 0 Å². The van der Waals surface area contributed by atoms with Gasteiger partial charge in [-0.15, -0.1) is 0 Å². The molecule has 4 atom stereocenters. The van der Waals surface area contributed by atoms with Crippen LogP contribution in [0.3, 0.4) is 0 Å². The molecule has 0 amide bonds. The second kappa shape index (κ2) is 7.04. The van der Waals surface area contributed by atoms with E-state index in [2.05, 4.69) is 45.8 Å². The van der Waals surface area contributed by atoms with Crippen molar-refractivity contribution in [3.05, 3.63) is 0 Å². The highest BCUT2D eigenvalue weighted by molar-refractivity contribution is 7.99. The minimum atomic E-state index is 0.809. The summed E-state index contributed by atoms with van der Waals surface area (Å²) in [6.45, 7) is 15.9. The molecule has 1 heterocycles. The summed E-state index contributed by atoms with van der Waals surface area (Å²) in [5, 5.41) is 0.809. The molecule has 0 aromatic carbocycles. The lowest BCUT2D eigenvalue weighted by molar-refractivity contribution is 0.0511. The Labute approximate surface area is 113 Å². The van der Waals surface area contributed by atoms with Crippen LogP contribution in [-0.4, -0.2) is 36.0 Å². The summed E-state index contributed by atoms with van der Waals surface area (Å²) in [5.74, 6) is 3.49. The fraction of sp³-hybridized carbons (Fsp3) is 1.00. The first kappa shape index (κ1) is 15.4. The van der Waals surface area contributed by atoms with Crippen LogP contribution in [0, 0.1) is 23.7 Å². The summed E-state index contributed by atoms with van der Waals surface area (Å²) < 4.78 is 0. The fourth-order valence-corrected chi connectivity index (χ4v) is 4.01. The Morgan fingerprint density at radius 1 is 1.12 bits per heavy atom. The van der Waals surface area contributed by atoms with Gasteiger partial charge in [-0.1, -0.05) is 34.6 Å². The van der Waals surface area contributed by atoms with Crippen LogP contribution in [0.4, 0.5) is 0 Å². The summed E-state index contributed by atoms with van der Waals surface area (Å²) in [6.07, 6.45) is 3.56. The van der Waals surface area contributed by atoms with E-state index in [-0.39, 0.29) is 0 Å². The van der Waals surface area contributed by atoms with Gasteiger partial charge in [0.05, 0.1) is 0 Å². The maximum absolute atomic E-state index is 2.70. The van der Waals surface area contributed by atoms with Gasteiger partial charge in [0.25, 0.3) is 0 Å². The predicted molar refractivity (Wildman–Crippen MR) is 80.7 cm³/mol. The lowest BCUT2D eigenvalue weighted by atomic mass is 9.73. The van der Waals surface area contributed by atoms with Gasteiger partial charge in [0.15, 0.2) is 0 Å². The number of piperidine rings is 1. The van der Waals surface area contributed by atoms with E-state index in [0.717, 1.165) is 28.9 Å². The highest BCUT2D eigenvalue weighted by Gasteiger charge is 2.33. The monoisotopic (exact) mass is 257 g/mol. The molecule has 1 aliphatic rings. The third-order valence-electron chi connectivity index (χ3n) is 4.43. The predicted octanol–water partition coefficient (Wildman–Crippen LogP) is 3.99. The van der Waals surface area contributed by atoms with Crippen LogP contribution in [0.2, 0.25) is 0 Å². The smallest absolute Gasteiger partial charge is 0.00281 e. The molecule has 2 heteroatoms. The zero-order valence-electron chi connectivity index (χ0n) is 12.6. The van der Waals surface area contributed by atoms with Crippen LogP contribution in [0.5, 0.6) is 0 Å². The first-order chi connectivity index (χ1) is 7.95. The molecule has 102 valence electrons. The van der Waals surface area contributed by atoms with Gasteiger partial charge in [-0.05, 0) is 42.9 Å². The number of nitrogens with zero attached hydrogens (tertiary/aromatic N) is 1. The van der Waals surface area contributed by atoms with E-state index in [4.69, 9.17) is 0 Å². The van der Waals surface area contributed by atoms with E-state index < -0.39 is 0 Å². The Hall–Kier alpha value is 0.310. The molecule has 0 saturated carbocycles. The van der Waals surface area contributed by atoms with Crippen LogP contribution in [-0.2, 0) is 0 Å². The lowest BCUT2D eigenvalue weighted by Crippen LogP contribution is -2.46. The molecule has 0 aromatic heterocycles. The van der Waals surface area contributed by atoms with Crippen LogP contribution >= 0.6 is 11.8 Å². The van der Waals surface area contributed by atoms with Crippen molar-refractivity contribution in [2.24, 2.45) is 23.7 Å². The van der Waals surface area contributed by atoms with E-state index in [0.29, 0.717) is 0 Å². The molecule has 2 unspecified atom stereocenters. The summed E-state index contributed by atoms with van der Waals surface area (Å²) >= 11 is 1.99. The quantitative estimate of drug-likeness (QED) is 0.733. The molecule has 17 heavy (non-hydrogen) atoms. The molecule has 0 aromatic rings. The Morgan fingerprint density at radius 2 is 1.65 bits per heavy atom. The molecule has 1 rings (SSSR count). The second-order valence-electron chi connectivity index (χ2n) is 6.37. The van der Waals surface area contributed by atoms with Crippen molar-refractivity contribution in [2.45, 2.75) is 46.3 Å². The Kier molecular flexibility index (Phi) is 6.36. The number of rotatable bonds is 5. The average molecular weight is 257 g/mol. The summed E-state index contributed by atoms with van der Waals surface area (Å²) in [4.78, 5) is 2.70. The zero-order chi connectivity index (χ0) is 13.0. The highest BCUT2D eigenvalue weighted by Crippen LogP contribution is 2.34. The molecule has 1 fully saturated rings. The number of hydrogen-bond acceptors (Lipinski definition) is 2. The molecular formula is C15H31NS. The molecule has 1 saturated heterocycles. The van der Waals surface area contributed by atoms with Crippen LogP contribution in [0.25, 0.3) is 0 Å². The number of likely N-dealkylation sites (tertiary alicyclic amines) is 1. The van der Waals surface area contributed by atoms with Gasteiger partial charge in [-0.25, -0.2) is 0 Å². The first-order valence-corrected chi connectivity index (χ1v) is 8.49. The second-order valence-corrected chi connectivity index (χ2v) is 7.65. The molecule has 0 aliphatic carbocycles. The third-order valence-corrected chi connectivity index (χ3v) is 5.47. The van der Waals surface area contributed by atoms with Crippen molar-refractivity contribution in [1.29, 1.82) is 0 Å². The van der Waals surface area contributed by atoms with E-state index in [1.807, 2.05) is 11.8 Å². The minimum absolute atomic E-state index is 0.809. The van der Waals surface area contributed by atoms with Crippen LogP contribution in [0.1, 0.15) is 41.0 Å². The van der Waals surface area contributed by atoms with Crippen LogP contribution in [0.15, 0.2) is 0 Å². The normalized spacial score (nSPS) is 33.0. The van der Waals surface area contributed by atoms with E-state index in [9.17, 15) is 0 Å². The maximum atomic E-state index is 2.70. The molecule has 0 radical (unpaired) electrons. The molecule has 0 bridgehead atoms. The Bertz CT molecular complexity index is 205. The number of thioether (sulfide) groups is 1. The topological polar surface area (TPSA) is 3.24 Å². The SMILES string of the molecule is CSC(C)CCN1C[C@@H](C)C(C(C)C)[C@@H](C)C1. The average Bonchev–Trinajstić information content (AvgIpc) is 2.24. The van der Waals surface area contributed by atoms with Crippen molar-refractivity contribution in [1.82, 2.24) is 4.90 Å². The molecular weight excluding hydrogens is 226 g/mol. The molecule has 1 nitrogen and oxygen atoms in total. The summed E-state index contributed by atoms with van der Waals surface area (Å²) in [5.41, 5.74) is 0. The van der Waals surface area contributed by atoms with Gasteiger partial charge in [-0.3, -0.25) is 0 Å². The van der Waals surface area contributed by atoms with Crippen molar-refractivity contribution in [2.75, 3.05) is 25.9 Å². The van der Waals surface area contributed by atoms with Gasteiger partial charge >= 0.3 is 0 Å². The van der Waals surface area contributed by atoms with Gasteiger partial charge < -0.3 is 4.90 Å². The van der Waals surface area contributed by atoms with Gasteiger partial charge in [0.1, 0.15) is 0 Å². The maximum Gasteiger partial charge on any atom is 0.00281 e. The van der Waals surface area contributed by atoms with Gasteiger partial charge in [0, 0.05) is 18.3 Å². The molecule has 0 N–H and O–H groups in total. The van der Waals surface area contributed by atoms with Crippen molar-refractivity contribution >= 4 is 11.8 Å². The number of hydrogen-bond donors (Lipinski definition) is 0. The molecule has 0 spiro atoms. The summed E-state index contributed by atoms with van der Waals surface area (Å²) in [6, 6.07) is 0. The standard InChI is InChI=1S/C15H31NS/c1-11(2)15-12(3)9-16(10-13(15)4)8-7-14(5)17-6/h11-15H,7-10H2,1-6H3/t12-,13+,14?,15?. The fourth-order valence-electron chi connectivity index (χ4n) is 3.67. The minimum Gasteiger partial charge on any atom is -0.303 e. The van der Waals surface area contributed by atoms with Crippen molar-refractivity contribution in [3.63, 3.8) is 0 Å².